The minimum atomic E-state index is -3.50. The van der Waals surface area contributed by atoms with Gasteiger partial charge >= 0.3 is 0 Å². The van der Waals surface area contributed by atoms with Crippen molar-refractivity contribution in [2.75, 3.05) is 13.1 Å². The number of nitrogens with zero attached hydrogens (tertiary/aromatic N) is 1. The monoisotopic (exact) mass is 403 g/mol. The first-order valence-electron chi connectivity index (χ1n) is 7.65. The molecule has 5 heteroatoms. The van der Waals surface area contributed by atoms with Gasteiger partial charge in [-0.1, -0.05) is 70.5 Å². The Labute approximate surface area is 151 Å². The van der Waals surface area contributed by atoms with Crippen LogP contribution < -0.4 is 0 Å². The average molecular weight is 404 g/mol. The van der Waals surface area contributed by atoms with Gasteiger partial charge in [0.15, 0.2) is 0 Å². The van der Waals surface area contributed by atoms with E-state index in [1.807, 2.05) is 42.5 Å². The number of halogens is 1. The quantitative estimate of drug-likeness (QED) is 0.713. The Balaban J connectivity index is 1.97. The first-order chi connectivity index (χ1) is 11.5. The van der Waals surface area contributed by atoms with E-state index in [0.29, 0.717) is 18.0 Å². The largest absolute Gasteiger partial charge is 0.243 e. The molecular formula is C19H18BrNO2S. The normalized spacial score (nSPS) is 20.8. The number of rotatable bonds is 4. The summed E-state index contributed by atoms with van der Waals surface area (Å²) in [5.74, 6) is -0.00179. The fourth-order valence-corrected chi connectivity index (χ4v) is 4.99. The molecule has 1 saturated heterocycles. The second-order valence-electron chi connectivity index (χ2n) is 5.66. The summed E-state index contributed by atoms with van der Waals surface area (Å²) >= 11 is 3.65. The second-order valence-corrected chi connectivity index (χ2v) is 8.39. The van der Waals surface area contributed by atoms with Gasteiger partial charge < -0.3 is 0 Å². The Morgan fingerprint density at radius 3 is 2.25 bits per heavy atom. The summed E-state index contributed by atoms with van der Waals surface area (Å²) < 4.78 is 28.2. The van der Waals surface area contributed by atoms with E-state index in [9.17, 15) is 8.42 Å². The summed E-state index contributed by atoms with van der Waals surface area (Å²) in [5.41, 5.74) is 2.08. The molecule has 2 aromatic carbocycles. The van der Waals surface area contributed by atoms with E-state index in [4.69, 9.17) is 0 Å². The molecule has 3 nitrogen and oxygen atoms in total. The molecule has 0 aromatic heterocycles. The third kappa shape index (κ3) is 3.24. The van der Waals surface area contributed by atoms with E-state index in [-0.39, 0.29) is 5.92 Å². The van der Waals surface area contributed by atoms with Gasteiger partial charge in [-0.25, -0.2) is 8.42 Å². The van der Waals surface area contributed by atoms with E-state index in [2.05, 4.69) is 22.5 Å². The summed E-state index contributed by atoms with van der Waals surface area (Å²) in [6, 6.07) is 18.5. The van der Waals surface area contributed by atoms with Crippen LogP contribution in [0.1, 0.15) is 5.56 Å². The maximum atomic E-state index is 12.9. The Morgan fingerprint density at radius 2 is 1.67 bits per heavy atom. The lowest BCUT2D eigenvalue weighted by atomic mass is 10.0. The SMILES string of the molecule is C=CC1CN(S(=O)(=O)c2ccccc2)C/C1=C(/Br)c1ccccc1. The van der Waals surface area contributed by atoms with E-state index in [1.165, 1.54) is 4.31 Å². The molecule has 24 heavy (non-hydrogen) atoms. The molecule has 0 bridgehead atoms. The molecule has 2 aromatic rings. The van der Waals surface area contributed by atoms with Crippen molar-refractivity contribution in [3.8, 4) is 0 Å². The maximum absolute atomic E-state index is 12.9. The Hall–Kier alpha value is -1.69. The number of benzene rings is 2. The number of hydrogen-bond acceptors (Lipinski definition) is 2. The molecule has 0 radical (unpaired) electrons. The second kappa shape index (κ2) is 7.05. The first-order valence-corrected chi connectivity index (χ1v) is 9.89. The summed E-state index contributed by atoms with van der Waals surface area (Å²) in [7, 11) is -3.50. The first kappa shape index (κ1) is 17.1. The van der Waals surface area contributed by atoms with Gasteiger partial charge in [-0.3, -0.25) is 0 Å². The molecular weight excluding hydrogens is 386 g/mol. The molecule has 0 N–H and O–H groups in total. The molecule has 0 saturated carbocycles. The highest BCUT2D eigenvalue weighted by Crippen LogP contribution is 2.36. The third-order valence-electron chi connectivity index (χ3n) is 4.17. The zero-order chi connectivity index (χ0) is 17.2. The molecule has 1 fully saturated rings. The molecule has 1 atom stereocenters. The average Bonchev–Trinajstić information content (AvgIpc) is 3.08. The Bertz CT molecular complexity index is 861. The summed E-state index contributed by atoms with van der Waals surface area (Å²) in [5, 5.41) is 0. The van der Waals surface area contributed by atoms with Crippen LogP contribution in [0.15, 0.2) is 83.8 Å². The minimum Gasteiger partial charge on any atom is -0.207 e. The third-order valence-corrected chi connectivity index (χ3v) is 6.96. The van der Waals surface area contributed by atoms with Crippen molar-refractivity contribution in [2.45, 2.75) is 4.90 Å². The highest BCUT2D eigenvalue weighted by Gasteiger charge is 2.35. The van der Waals surface area contributed by atoms with Crippen molar-refractivity contribution < 1.29 is 8.42 Å². The van der Waals surface area contributed by atoms with Crippen LogP contribution in [0.4, 0.5) is 0 Å². The molecule has 0 spiro atoms. The van der Waals surface area contributed by atoms with Crippen molar-refractivity contribution in [1.82, 2.24) is 4.31 Å². The van der Waals surface area contributed by atoms with Crippen molar-refractivity contribution in [2.24, 2.45) is 5.92 Å². The van der Waals surface area contributed by atoms with Crippen LogP contribution in [0.3, 0.4) is 0 Å². The predicted molar refractivity (Wildman–Crippen MR) is 101 cm³/mol. The summed E-state index contributed by atoms with van der Waals surface area (Å²) in [6.45, 7) is 4.66. The molecule has 0 amide bonds. The Kier molecular flexibility index (Phi) is 5.04. The molecule has 1 heterocycles. The van der Waals surface area contributed by atoms with Crippen LogP contribution in [0.2, 0.25) is 0 Å². The van der Waals surface area contributed by atoms with Crippen molar-refractivity contribution in [3.63, 3.8) is 0 Å². The summed E-state index contributed by atoms with van der Waals surface area (Å²) in [4.78, 5) is 0.324. The van der Waals surface area contributed by atoms with Crippen LogP contribution in [0.5, 0.6) is 0 Å². The van der Waals surface area contributed by atoms with E-state index in [0.717, 1.165) is 15.6 Å². The van der Waals surface area contributed by atoms with Gasteiger partial charge in [-0.05, 0) is 23.3 Å². The van der Waals surface area contributed by atoms with Gasteiger partial charge in [0.05, 0.1) is 4.90 Å². The molecule has 1 aliphatic heterocycles. The van der Waals surface area contributed by atoms with Crippen molar-refractivity contribution >= 4 is 30.4 Å². The molecule has 1 unspecified atom stereocenters. The smallest absolute Gasteiger partial charge is 0.207 e. The molecule has 124 valence electrons. The fraction of sp³-hybridized carbons (Fsp3) is 0.158. The van der Waals surface area contributed by atoms with Crippen LogP contribution in [0.25, 0.3) is 4.48 Å². The lowest BCUT2D eigenvalue weighted by molar-refractivity contribution is 0.471. The molecule has 1 aliphatic rings. The maximum Gasteiger partial charge on any atom is 0.243 e. The van der Waals surface area contributed by atoms with Gasteiger partial charge in [0, 0.05) is 23.5 Å². The zero-order valence-corrected chi connectivity index (χ0v) is 15.5. The topological polar surface area (TPSA) is 37.4 Å². The van der Waals surface area contributed by atoms with Crippen LogP contribution >= 0.6 is 15.9 Å². The molecule has 3 rings (SSSR count). The van der Waals surface area contributed by atoms with Crippen molar-refractivity contribution in [1.29, 1.82) is 0 Å². The Morgan fingerprint density at radius 1 is 1.08 bits per heavy atom. The van der Waals surface area contributed by atoms with Gasteiger partial charge in [-0.15, -0.1) is 6.58 Å². The van der Waals surface area contributed by atoms with Crippen LogP contribution in [-0.4, -0.2) is 25.8 Å². The van der Waals surface area contributed by atoms with Crippen LogP contribution in [0, 0.1) is 5.92 Å². The van der Waals surface area contributed by atoms with Crippen molar-refractivity contribution in [3.05, 3.63) is 84.5 Å². The predicted octanol–water partition coefficient (Wildman–Crippen LogP) is 4.30. The molecule has 0 aliphatic carbocycles. The fourth-order valence-electron chi connectivity index (χ4n) is 2.84. The van der Waals surface area contributed by atoms with Gasteiger partial charge in [0.25, 0.3) is 0 Å². The van der Waals surface area contributed by atoms with Gasteiger partial charge in [0.1, 0.15) is 0 Å². The van der Waals surface area contributed by atoms with Gasteiger partial charge in [0.2, 0.25) is 10.0 Å². The van der Waals surface area contributed by atoms with E-state index < -0.39 is 10.0 Å². The standard InChI is InChI=1S/C19H18BrNO2S/c1-2-15-13-21(24(22,23)17-11-7-4-8-12-17)14-18(15)19(20)16-9-5-3-6-10-16/h2-12,15H,1,13-14H2/b19-18-. The zero-order valence-electron chi connectivity index (χ0n) is 13.1. The lowest BCUT2D eigenvalue weighted by Crippen LogP contribution is -2.28. The number of sulfonamides is 1. The van der Waals surface area contributed by atoms with Crippen LogP contribution in [-0.2, 0) is 10.0 Å². The highest BCUT2D eigenvalue weighted by molar-refractivity contribution is 9.15. The number of hydrogen-bond donors (Lipinski definition) is 0. The van der Waals surface area contributed by atoms with Gasteiger partial charge in [-0.2, -0.15) is 4.31 Å². The van der Waals surface area contributed by atoms with E-state index in [1.54, 1.807) is 24.3 Å². The highest BCUT2D eigenvalue weighted by atomic mass is 79.9. The summed E-state index contributed by atoms with van der Waals surface area (Å²) in [6.07, 6.45) is 1.82. The lowest BCUT2D eigenvalue weighted by Gasteiger charge is -2.15. The van der Waals surface area contributed by atoms with E-state index >= 15 is 0 Å². The minimum absolute atomic E-state index is 0.00179.